The fraction of sp³-hybridized carbons (Fsp3) is 0.545. The van der Waals surface area contributed by atoms with Crippen LogP contribution in [0.25, 0.3) is 0 Å². The molecule has 5 aliphatic rings. The van der Waals surface area contributed by atoms with Crippen molar-refractivity contribution in [3.8, 4) is 11.5 Å². The molecule has 0 aromatic heterocycles. The van der Waals surface area contributed by atoms with Crippen LogP contribution in [0.2, 0.25) is 0 Å². The van der Waals surface area contributed by atoms with Gasteiger partial charge in [0, 0.05) is 28.4 Å². The van der Waals surface area contributed by atoms with Gasteiger partial charge in [-0.1, -0.05) is 120 Å². The van der Waals surface area contributed by atoms with Gasteiger partial charge in [0.25, 0.3) is 0 Å². The van der Waals surface area contributed by atoms with E-state index in [0.29, 0.717) is 22.6 Å². The third-order valence-corrected chi connectivity index (χ3v) is 10.7. The maximum absolute atomic E-state index is 12.7. The van der Waals surface area contributed by atoms with Crippen molar-refractivity contribution in [1.82, 2.24) is 0 Å². The van der Waals surface area contributed by atoms with Gasteiger partial charge in [0.05, 0.1) is 2.74 Å². The zero-order chi connectivity index (χ0) is 38.6. The highest BCUT2D eigenvalue weighted by atomic mass is 16.5. The summed E-state index contributed by atoms with van der Waals surface area (Å²) in [6, 6.07) is 7.96. The maximum Gasteiger partial charge on any atom is 0.161 e. The average Bonchev–Trinajstić information content (AvgIpc) is 3.55. The zero-order valence-corrected chi connectivity index (χ0v) is 30.9. The average molecular weight is 653 g/mol. The van der Waals surface area contributed by atoms with Crippen LogP contribution in [0.1, 0.15) is 122 Å². The van der Waals surface area contributed by atoms with Gasteiger partial charge in [0.1, 0.15) is 23.7 Å². The van der Waals surface area contributed by atoms with Gasteiger partial charge in [-0.05, 0) is 89.5 Å². The molecule has 2 aromatic rings. The number of benzene rings is 2. The summed E-state index contributed by atoms with van der Waals surface area (Å²) in [5.41, 5.74) is 1.61. The molecule has 2 aromatic carbocycles. The zero-order valence-electron chi connectivity index (χ0n) is 34.9. The Balaban J connectivity index is 1.62. The SMILES string of the molecule is [2H][C@@H]1C2=CC(C(C)(C)C)=C[C@@]3(Cc4cc(C(C)(C)C)cc(c4O3)[C@@H]([2H])C3=CC(C(C)(C)C)=C[C@]4(Cc5cc(C(C)(C)C)cc1c5O4)[C@@]3([2H])O)[C@]2([2H])O. The van der Waals surface area contributed by atoms with E-state index in [1.807, 2.05) is 36.4 Å². The van der Waals surface area contributed by atoms with Gasteiger partial charge in [-0.25, -0.2) is 0 Å². The summed E-state index contributed by atoms with van der Waals surface area (Å²) < 4.78 is 53.6. The number of fused-ring (bicyclic) bond motifs is 2. The minimum atomic E-state index is -2.38. The second-order valence-electron chi connectivity index (χ2n) is 18.8. The second kappa shape index (κ2) is 10.2. The molecule has 2 aliphatic carbocycles. The molecule has 6 atom stereocenters. The monoisotopic (exact) mass is 652 g/mol. The molecule has 48 heavy (non-hydrogen) atoms. The molecule has 0 unspecified atom stereocenters. The third-order valence-electron chi connectivity index (χ3n) is 10.7. The van der Waals surface area contributed by atoms with Gasteiger partial charge in [-0.15, -0.1) is 0 Å². The summed E-state index contributed by atoms with van der Waals surface area (Å²) in [7, 11) is 0. The summed E-state index contributed by atoms with van der Waals surface area (Å²) in [6.45, 7) is 25.0. The van der Waals surface area contributed by atoms with Crippen LogP contribution in [0.3, 0.4) is 0 Å². The highest BCUT2D eigenvalue weighted by molar-refractivity contribution is 5.60. The minimum absolute atomic E-state index is 0.146. The number of hydrogen-bond acceptors (Lipinski definition) is 4. The summed E-state index contributed by atoms with van der Waals surface area (Å²) >= 11 is 0. The minimum Gasteiger partial charge on any atom is -0.479 e. The van der Waals surface area contributed by atoms with E-state index in [4.69, 9.17) is 9.47 Å². The Hall–Kier alpha value is -3.08. The van der Waals surface area contributed by atoms with Crippen LogP contribution in [-0.4, -0.2) is 33.6 Å². The van der Waals surface area contributed by atoms with Crippen LogP contribution in [0.4, 0.5) is 0 Å². The van der Waals surface area contributed by atoms with E-state index in [-0.39, 0.29) is 34.8 Å². The first-order valence-electron chi connectivity index (χ1n) is 19.6. The predicted octanol–water partition coefficient (Wildman–Crippen LogP) is 8.97. The Morgan fingerprint density at radius 1 is 0.583 bits per heavy atom. The van der Waals surface area contributed by atoms with Gasteiger partial charge in [0.15, 0.2) is 11.2 Å². The topological polar surface area (TPSA) is 58.9 Å². The molecule has 0 saturated heterocycles. The van der Waals surface area contributed by atoms with Gasteiger partial charge >= 0.3 is 0 Å². The molecule has 4 heteroatoms. The van der Waals surface area contributed by atoms with E-state index in [1.165, 1.54) is 0 Å². The first-order chi connectivity index (χ1) is 23.5. The van der Waals surface area contributed by atoms with E-state index >= 15 is 0 Å². The van der Waals surface area contributed by atoms with Crippen molar-refractivity contribution >= 4 is 0 Å². The first kappa shape index (κ1) is 28.7. The van der Waals surface area contributed by atoms with Crippen LogP contribution >= 0.6 is 0 Å². The lowest BCUT2D eigenvalue weighted by Gasteiger charge is -2.40. The number of aliphatic hydroxyl groups is 2. The van der Waals surface area contributed by atoms with Crippen molar-refractivity contribution in [2.24, 2.45) is 10.8 Å². The Labute approximate surface area is 294 Å². The molecular formula is C44H56O4. The standard InChI is InChI=1S/C44H56O4/c1-39(2,3)31-15-25-13-27-17-33(41(7,8)9)24-44(37(27)45)22-30-20-32(40(4,5)6)16-26(36(30)48-44)14-28-18-34(42(10,11)12)23-43(38(28)46)21-29(19-31)35(25)47-43/h15-20,23-24,37-38,45-46H,13-14,21-22H2,1-12H3/t37-,38+,43-,44+/i13D,14D,37D,38D/t13-,14+,37+,38-,43+,44-. The fourth-order valence-electron chi connectivity index (χ4n) is 7.55. The largest absolute Gasteiger partial charge is 0.479 e. The molecule has 2 N–H and O–H groups in total. The Bertz CT molecular complexity index is 1880. The molecule has 7 rings (SSSR count). The predicted molar refractivity (Wildman–Crippen MR) is 195 cm³/mol. The summed E-state index contributed by atoms with van der Waals surface area (Å²) in [5, 5.41) is 25.3. The van der Waals surface area contributed by atoms with Crippen LogP contribution < -0.4 is 9.47 Å². The highest BCUT2D eigenvalue weighted by Gasteiger charge is 2.52. The van der Waals surface area contributed by atoms with Crippen molar-refractivity contribution in [3.63, 3.8) is 0 Å². The lowest BCUT2D eigenvalue weighted by molar-refractivity contribution is 0.00717. The van der Waals surface area contributed by atoms with Gasteiger partial charge in [-0.3, -0.25) is 0 Å². The molecule has 0 fully saturated rings. The molecular weight excluding hydrogens is 592 g/mol. The fourth-order valence-corrected chi connectivity index (χ4v) is 7.55. The normalized spacial score (nSPS) is 35.4. The van der Waals surface area contributed by atoms with E-state index < -0.39 is 47.0 Å². The Morgan fingerprint density at radius 3 is 1.23 bits per heavy atom. The van der Waals surface area contributed by atoms with Gasteiger partial charge < -0.3 is 19.7 Å². The smallest absolute Gasteiger partial charge is 0.161 e. The van der Waals surface area contributed by atoms with E-state index in [0.717, 1.165) is 33.4 Å². The highest BCUT2D eigenvalue weighted by Crippen LogP contribution is 2.53. The van der Waals surface area contributed by atoms with Crippen LogP contribution in [0, 0.1) is 10.8 Å². The van der Waals surface area contributed by atoms with Crippen molar-refractivity contribution in [3.05, 3.63) is 104 Å². The molecule has 6 bridgehead atoms. The number of rotatable bonds is 0. The van der Waals surface area contributed by atoms with E-state index in [1.54, 1.807) is 12.2 Å². The quantitative estimate of drug-likeness (QED) is 0.298. The van der Waals surface area contributed by atoms with Crippen molar-refractivity contribution < 1.29 is 25.2 Å². The summed E-state index contributed by atoms with van der Waals surface area (Å²) in [5.74, 6) is 0.758. The number of allylic oxidation sites excluding steroid dienone is 4. The van der Waals surface area contributed by atoms with Crippen molar-refractivity contribution in [1.29, 1.82) is 0 Å². The Morgan fingerprint density at radius 2 is 0.917 bits per heavy atom. The Kier molecular flexibility index (Phi) is 6.12. The molecule has 0 radical (unpaired) electrons. The molecule has 0 amide bonds. The van der Waals surface area contributed by atoms with E-state index in [9.17, 15) is 15.7 Å². The van der Waals surface area contributed by atoms with Gasteiger partial charge in [0.2, 0.25) is 0 Å². The maximum atomic E-state index is 12.7. The molecule has 256 valence electrons. The van der Waals surface area contributed by atoms with Crippen LogP contribution in [0.15, 0.2) is 70.9 Å². The van der Waals surface area contributed by atoms with Crippen LogP contribution in [-0.2, 0) is 36.5 Å². The second-order valence-corrected chi connectivity index (χ2v) is 18.8. The lowest BCUT2D eigenvalue weighted by Crippen LogP contribution is -2.49. The van der Waals surface area contributed by atoms with E-state index in [2.05, 4.69) is 83.1 Å². The first-order valence-corrected chi connectivity index (χ1v) is 17.5. The molecule has 0 saturated carbocycles. The van der Waals surface area contributed by atoms with Crippen LogP contribution in [0.5, 0.6) is 11.5 Å². The van der Waals surface area contributed by atoms with Crippen molar-refractivity contribution in [2.45, 2.75) is 143 Å². The lowest BCUT2D eigenvalue weighted by atomic mass is 9.71. The number of hydrogen-bond donors (Lipinski definition) is 2. The van der Waals surface area contributed by atoms with Gasteiger partial charge in [-0.2, -0.15) is 0 Å². The summed E-state index contributed by atoms with van der Waals surface area (Å²) in [4.78, 5) is 0. The molecule has 2 spiro atoms. The number of ether oxygens (including phenoxy) is 2. The molecule has 3 aliphatic heterocycles. The molecule has 4 nitrogen and oxygen atoms in total. The summed E-state index contributed by atoms with van der Waals surface area (Å²) in [6.07, 6.45) is 0.362. The third kappa shape index (κ3) is 5.33. The van der Waals surface area contributed by atoms with Crippen molar-refractivity contribution in [2.75, 3.05) is 0 Å². The molecule has 3 heterocycles.